The molecule has 0 bridgehead atoms. The molecule has 2 aromatic rings. The van der Waals surface area contributed by atoms with E-state index in [9.17, 15) is 9.59 Å². The van der Waals surface area contributed by atoms with E-state index in [1.807, 2.05) is 13.8 Å². The molecule has 3 rings (SSSR count). The summed E-state index contributed by atoms with van der Waals surface area (Å²) in [5, 5.41) is 0.583. The zero-order valence-electron chi connectivity index (χ0n) is 13.2. The summed E-state index contributed by atoms with van der Waals surface area (Å²) in [5.41, 5.74) is 4.04. The Kier molecular flexibility index (Phi) is 4.22. The highest BCUT2D eigenvalue weighted by Gasteiger charge is 2.39. The molecule has 1 aliphatic rings. The van der Waals surface area contributed by atoms with E-state index in [0.29, 0.717) is 17.1 Å². The van der Waals surface area contributed by atoms with Crippen molar-refractivity contribution in [1.82, 2.24) is 0 Å². The minimum atomic E-state index is -0.292. The Hall–Kier alpha value is -2.13. The summed E-state index contributed by atoms with van der Waals surface area (Å²) in [6.07, 6.45) is 0.853. The van der Waals surface area contributed by atoms with Crippen LogP contribution in [0, 0.1) is 19.8 Å². The smallest absolute Gasteiger partial charge is 0.237 e. The first-order chi connectivity index (χ1) is 10.9. The molecular weight excluding hydrogens is 310 g/mol. The summed E-state index contributed by atoms with van der Waals surface area (Å²) in [7, 11) is 0. The molecule has 0 aliphatic carbocycles. The van der Waals surface area contributed by atoms with E-state index in [2.05, 4.69) is 18.2 Å². The van der Waals surface area contributed by atoms with Crippen molar-refractivity contribution in [3.8, 4) is 0 Å². The SMILES string of the molecule is Cc1cc(C)cc(CC2CC(=O)N(c3ccc(Cl)cc3)C2=O)c1. The molecule has 2 aromatic carbocycles. The third-order valence-corrected chi connectivity index (χ3v) is 4.34. The summed E-state index contributed by atoms with van der Waals surface area (Å²) >= 11 is 5.87. The molecular formula is C19H18ClNO2. The topological polar surface area (TPSA) is 37.4 Å². The molecule has 4 heteroatoms. The second-order valence-electron chi connectivity index (χ2n) is 6.14. The monoisotopic (exact) mass is 327 g/mol. The number of nitrogens with zero attached hydrogens (tertiary/aromatic N) is 1. The van der Waals surface area contributed by atoms with Crippen LogP contribution in [-0.2, 0) is 16.0 Å². The van der Waals surface area contributed by atoms with Crippen LogP contribution in [0.3, 0.4) is 0 Å². The van der Waals surface area contributed by atoms with E-state index >= 15 is 0 Å². The molecule has 1 heterocycles. The molecule has 23 heavy (non-hydrogen) atoms. The highest BCUT2D eigenvalue weighted by molar-refractivity contribution is 6.30. The summed E-state index contributed by atoms with van der Waals surface area (Å²) in [5.74, 6) is -0.567. The first kappa shape index (κ1) is 15.8. The van der Waals surface area contributed by atoms with Gasteiger partial charge in [-0.1, -0.05) is 40.9 Å². The van der Waals surface area contributed by atoms with Crippen LogP contribution in [0.5, 0.6) is 0 Å². The lowest BCUT2D eigenvalue weighted by atomic mass is 9.95. The van der Waals surface area contributed by atoms with Crippen LogP contribution < -0.4 is 4.90 Å². The number of carbonyl (C=O) groups is 2. The van der Waals surface area contributed by atoms with Crippen LogP contribution in [0.2, 0.25) is 5.02 Å². The first-order valence-electron chi connectivity index (χ1n) is 7.63. The average Bonchev–Trinajstić information content (AvgIpc) is 2.74. The summed E-state index contributed by atoms with van der Waals surface area (Å²) in [6.45, 7) is 4.08. The molecule has 1 unspecified atom stereocenters. The van der Waals surface area contributed by atoms with Gasteiger partial charge in [0.05, 0.1) is 11.6 Å². The molecule has 3 nitrogen and oxygen atoms in total. The summed E-state index contributed by atoms with van der Waals surface area (Å²) < 4.78 is 0. The normalized spacial score (nSPS) is 17.9. The van der Waals surface area contributed by atoms with Gasteiger partial charge in [-0.3, -0.25) is 14.5 Å². The molecule has 1 fully saturated rings. The van der Waals surface area contributed by atoms with Crippen LogP contribution in [0.15, 0.2) is 42.5 Å². The lowest BCUT2D eigenvalue weighted by Gasteiger charge is -2.15. The molecule has 0 radical (unpaired) electrons. The van der Waals surface area contributed by atoms with Crippen LogP contribution in [0.1, 0.15) is 23.1 Å². The van der Waals surface area contributed by atoms with Gasteiger partial charge >= 0.3 is 0 Å². The Balaban J connectivity index is 1.82. The fourth-order valence-corrected chi connectivity index (χ4v) is 3.31. The van der Waals surface area contributed by atoms with E-state index in [1.54, 1.807) is 24.3 Å². The van der Waals surface area contributed by atoms with E-state index in [1.165, 1.54) is 16.0 Å². The maximum atomic E-state index is 12.6. The van der Waals surface area contributed by atoms with Crippen LogP contribution in [0.25, 0.3) is 0 Å². The van der Waals surface area contributed by atoms with Crippen LogP contribution >= 0.6 is 11.6 Å². The third kappa shape index (κ3) is 3.30. The van der Waals surface area contributed by atoms with Crippen LogP contribution in [-0.4, -0.2) is 11.8 Å². The number of carbonyl (C=O) groups excluding carboxylic acids is 2. The number of anilines is 1. The molecule has 1 atom stereocenters. The number of aryl methyl sites for hydroxylation is 2. The molecule has 0 aromatic heterocycles. The highest BCUT2D eigenvalue weighted by atomic mass is 35.5. The first-order valence-corrected chi connectivity index (χ1v) is 8.01. The van der Waals surface area contributed by atoms with Gasteiger partial charge in [-0.05, 0) is 50.1 Å². The van der Waals surface area contributed by atoms with Crippen molar-refractivity contribution in [2.24, 2.45) is 5.92 Å². The van der Waals surface area contributed by atoms with E-state index in [-0.39, 0.29) is 24.2 Å². The van der Waals surface area contributed by atoms with Gasteiger partial charge in [-0.2, -0.15) is 0 Å². The number of rotatable bonds is 3. The van der Waals surface area contributed by atoms with Gasteiger partial charge in [0, 0.05) is 11.4 Å². The molecule has 118 valence electrons. The fourth-order valence-electron chi connectivity index (χ4n) is 3.19. The second-order valence-corrected chi connectivity index (χ2v) is 6.58. The number of halogens is 1. The van der Waals surface area contributed by atoms with Crippen molar-refractivity contribution in [3.05, 3.63) is 64.2 Å². The van der Waals surface area contributed by atoms with Crippen molar-refractivity contribution in [2.75, 3.05) is 4.90 Å². The Bertz CT molecular complexity index is 747. The standard InChI is InChI=1S/C19H18ClNO2/c1-12-7-13(2)9-14(8-12)10-15-11-18(22)21(19(15)23)17-5-3-16(20)4-6-17/h3-9,15H,10-11H2,1-2H3. The Labute approximate surface area is 140 Å². The Morgan fingerprint density at radius 1 is 1.04 bits per heavy atom. The summed E-state index contributed by atoms with van der Waals surface area (Å²) in [4.78, 5) is 26.2. The lowest BCUT2D eigenvalue weighted by Crippen LogP contribution is -2.30. The van der Waals surface area contributed by atoms with Crippen LogP contribution in [0.4, 0.5) is 5.69 Å². The lowest BCUT2D eigenvalue weighted by molar-refractivity contribution is -0.122. The minimum absolute atomic E-state index is 0.128. The third-order valence-electron chi connectivity index (χ3n) is 4.09. The number of imide groups is 1. The van der Waals surface area contributed by atoms with Gasteiger partial charge in [0.2, 0.25) is 11.8 Å². The van der Waals surface area contributed by atoms with Gasteiger partial charge < -0.3 is 0 Å². The molecule has 2 amide bonds. The van der Waals surface area contributed by atoms with Crippen molar-refractivity contribution in [1.29, 1.82) is 0 Å². The number of amides is 2. The van der Waals surface area contributed by atoms with E-state index in [0.717, 1.165) is 5.56 Å². The zero-order valence-corrected chi connectivity index (χ0v) is 13.9. The molecule has 1 aliphatic heterocycles. The van der Waals surface area contributed by atoms with E-state index in [4.69, 9.17) is 11.6 Å². The molecule has 1 saturated heterocycles. The van der Waals surface area contributed by atoms with Gasteiger partial charge in [-0.25, -0.2) is 0 Å². The minimum Gasteiger partial charge on any atom is -0.274 e. The van der Waals surface area contributed by atoms with E-state index < -0.39 is 0 Å². The highest BCUT2D eigenvalue weighted by Crippen LogP contribution is 2.29. The Morgan fingerprint density at radius 3 is 2.26 bits per heavy atom. The quantitative estimate of drug-likeness (QED) is 0.797. The maximum absolute atomic E-state index is 12.6. The average molecular weight is 328 g/mol. The zero-order chi connectivity index (χ0) is 16.6. The summed E-state index contributed by atoms with van der Waals surface area (Å²) in [6, 6.07) is 13.1. The molecule has 0 spiro atoms. The largest absolute Gasteiger partial charge is 0.274 e. The predicted molar refractivity (Wildman–Crippen MR) is 91.7 cm³/mol. The Morgan fingerprint density at radius 2 is 1.65 bits per heavy atom. The maximum Gasteiger partial charge on any atom is 0.237 e. The van der Waals surface area contributed by atoms with Gasteiger partial charge in [0.15, 0.2) is 0 Å². The van der Waals surface area contributed by atoms with Gasteiger partial charge in [-0.15, -0.1) is 0 Å². The van der Waals surface area contributed by atoms with Crippen molar-refractivity contribution >= 4 is 29.1 Å². The van der Waals surface area contributed by atoms with Crippen molar-refractivity contribution in [3.63, 3.8) is 0 Å². The van der Waals surface area contributed by atoms with Gasteiger partial charge in [0.25, 0.3) is 0 Å². The number of hydrogen-bond acceptors (Lipinski definition) is 2. The number of benzene rings is 2. The van der Waals surface area contributed by atoms with Crippen molar-refractivity contribution < 1.29 is 9.59 Å². The predicted octanol–water partition coefficient (Wildman–Crippen LogP) is 4.08. The molecule has 0 N–H and O–H groups in total. The number of hydrogen-bond donors (Lipinski definition) is 0. The second kappa shape index (κ2) is 6.17. The van der Waals surface area contributed by atoms with Crippen molar-refractivity contribution in [2.45, 2.75) is 26.7 Å². The van der Waals surface area contributed by atoms with Gasteiger partial charge in [0.1, 0.15) is 0 Å². The fraction of sp³-hybridized carbons (Fsp3) is 0.263. The molecule has 0 saturated carbocycles.